The van der Waals surface area contributed by atoms with Crippen molar-refractivity contribution in [2.75, 3.05) is 7.11 Å². The fourth-order valence-corrected chi connectivity index (χ4v) is 3.49. The lowest BCUT2D eigenvalue weighted by Crippen LogP contribution is -2.41. The zero-order valence-corrected chi connectivity index (χ0v) is 20.8. The third kappa shape index (κ3) is 5.56. The number of nitrogens with zero attached hydrogens (tertiary/aromatic N) is 2. The van der Waals surface area contributed by atoms with E-state index in [0.29, 0.717) is 0 Å². The van der Waals surface area contributed by atoms with Gasteiger partial charge in [0.1, 0.15) is 17.3 Å². The van der Waals surface area contributed by atoms with Crippen LogP contribution in [-0.4, -0.2) is 27.4 Å². The molecule has 0 radical (unpaired) electrons. The van der Waals surface area contributed by atoms with Crippen LogP contribution in [0.15, 0.2) is 56.5 Å². The van der Waals surface area contributed by atoms with Gasteiger partial charge in [-0.1, -0.05) is 12.1 Å². The minimum absolute atomic E-state index is 0.0479. The zero-order chi connectivity index (χ0) is 26.1. The van der Waals surface area contributed by atoms with Gasteiger partial charge >= 0.3 is 11.9 Å². The Morgan fingerprint density at radius 3 is 2.31 bits per heavy atom. The van der Waals surface area contributed by atoms with Crippen molar-refractivity contribution in [2.45, 2.75) is 19.2 Å². The predicted molar refractivity (Wildman–Crippen MR) is 126 cm³/mol. The Balaban J connectivity index is 2.09. The maximum Gasteiger partial charge on any atom is 0.431 e. The fraction of sp³-hybridized carbons (Fsp3) is 0.227. The van der Waals surface area contributed by atoms with Gasteiger partial charge < -0.3 is 14.2 Å². The molecule has 7 nitrogen and oxygen atoms in total. The molecule has 13 heteroatoms. The summed E-state index contributed by atoms with van der Waals surface area (Å²) >= 11 is 8.20. The van der Waals surface area contributed by atoms with E-state index in [1.165, 1.54) is 13.2 Å². The highest BCUT2D eigenvalue weighted by Crippen LogP contribution is 2.37. The van der Waals surface area contributed by atoms with Crippen molar-refractivity contribution in [1.82, 2.24) is 9.13 Å². The molecule has 1 aromatic heterocycles. The minimum Gasteiger partial charge on any atom is -0.487 e. The first-order valence-corrected chi connectivity index (χ1v) is 11.0. The molecule has 186 valence electrons. The molecule has 1 atom stereocenters. The first kappa shape index (κ1) is 26.4. The van der Waals surface area contributed by atoms with Crippen molar-refractivity contribution in [3.05, 3.63) is 79.3 Å². The number of hydrogen-bond donors (Lipinski definition) is 0. The Morgan fingerprint density at radius 1 is 1.09 bits per heavy atom. The number of para-hydroxylation sites is 2. The van der Waals surface area contributed by atoms with Crippen LogP contribution in [0.1, 0.15) is 12.6 Å². The lowest BCUT2D eigenvalue weighted by molar-refractivity contribution is -0.144. The molecule has 0 bridgehead atoms. The van der Waals surface area contributed by atoms with Crippen LogP contribution in [0.25, 0.3) is 5.69 Å². The van der Waals surface area contributed by atoms with E-state index in [-0.39, 0.29) is 42.0 Å². The van der Waals surface area contributed by atoms with Crippen LogP contribution >= 0.6 is 28.1 Å². The topological polar surface area (TPSA) is 71.7 Å². The molecule has 0 amide bonds. The molecule has 0 fully saturated rings. The van der Waals surface area contributed by atoms with E-state index in [1.54, 1.807) is 25.1 Å². The summed E-state index contributed by atoms with van der Waals surface area (Å²) in [5.41, 5.74) is -4.82. The molecule has 1 heterocycles. The predicted octanol–water partition coefficient (Wildman–Crippen LogP) is 4.99. The highest BCUT2D eigenvalue weighted by atomic mass is 79.9. The van der Waals surface area contributed by atoms with E-state index in [9.17, 15) is 27.2 Å². The molecule has 0 aliphatic rings. The monoisotopic (exact) mass is 576 g/mol. The summed E-state index contributed by atoms with van der Waals surface area (Å²) in [6, 6.07) is 8.56. The second-order valence-electron chi connectivity index (χ2n) is 7.11. The van der Waals surface area contributed by atoms with E-state index in [4.69, 9.17) is 26.4 Å². The average Bonchev–Trinajstić information content (AvgIpc) is 2.78. The maximum absolute atomic E-state index is 14.8. The number of alkyl halides is 3. The summed E-state index contributed by atoms with van der Waals surface area (Å²) in [6.07, 6.45) is -5.58. The molecule has 0 saturated carbocycles. The summed E-state index contributed by atoms with van der Waals surface area (Å²) in [4.78, 5) is 25.0. The second-order valence-corrected chi connectivity index (χ2v) is 8.37. The second kappa shape index (κ2) is 10.2. The van der Waals surface area contributed by atoms with Gasteiger partial charge in [-0.2, -0.15) is 13.2 Å². The van der Waals surface area contributed by atoms with Crippen LogP contribution in [-0.2, 0) is 18.0 Å². The number of rotatable bonds is 6. The lowest BCUT2D eigenvalue weighted by Gasteiger charge is -2.18. The van der Waals surface area contributed by atoms with Crippen LogP contribution < -0.4 is 20.7 Å². The number of hydrogen-bond acceptors (Lipinski definition) is 6. The molecular weight excluding hydrogens is 560 g/mol. The van der Waals surface area contributed by atoms with Gasteiger partial charge in [0.05, 0.1) is 17.3 Å². The molecule has 3 aromatic rings. The van der Waals surface area contributed by atoms with Gasteiger partial charge in [0.25, 0.3) is 5.56 Å². The van der Waals surface area contributed by atoms with Gasteiger partial charge in [-0.25, -0.2) is 13.8 Å². The Hall–Kier alpha value is -3.19. The minimum atomic E-state index is -4.95. The Bertz CT molecular complexity index is 1400. The lowest BCUT2D eigenvalue weighted by atomic mass is 10.2. The number of halogens is 5. The summed E-state index contributed by atoms with van der Waals surface area (Å²) < 4.78 is 71.4. The van der Waals surface area contributed by atoms with Crippen molar-refractivity contribution in [1.29, 1.82) is 0 Å². The van der Waals surface area contributed by atoms with E-state index in [2.05, 4.69) is 15.9 Å². The van der Waals surface area contributed by atoms with Crippen molar-refractivity contribution in [3.8, 4) is 22.9 Å². The first-order valence-electron chi connectivity index (χ1n) is 9.76. The number of methoxy groups -OCH3 is 1. The van der Waals surface area contributed by atoms with E-state index < -0.39 is 40.7 Å². The van der Waals surface area contributed by atoms with Crippen LogP contribution in [0, 0.1) is 5.82 Å². The van der Waals surface area contributed by atoms with Gasteiger partial charge in [0.15, 0.2) is 22.7 Å². The first-order chi connectivity index (χ1) is 16.3. The van der Waals surface area contributed by atoms with Gasteiger partial charge in [-0.3, -0.25) is 9.36 Å². The molecule has 0 N–H and O–H groups in total. The van der Waals surface area contributed by atoms with Gasteiger partial charge in [0.2, 0.25) is 0 Å². The van der Waals surface area contributed by atoms with Crippen LogP contribution in [0.3, 0.4) is 0 Å². The van der Waals surface area contributed by atoms with E-state index >= 15 is 0 Å². The third-order valence-corrected chi connectivity index (χ3v) is 5.88. The van der Waals surface area contributed by atoms with Crippen LogP contribution in [0.4, 0.5) is 17.6 Å². The number of benzene rings is 2. The molecule has 2 aromatic carbocycles. The third-order valence-electron chi connectivity index (χ3n) is 4.76. The molecule has 0 unspecified atom stereocenters. The fourth-order valence-electron chi connectivity index (χ4n) is 3.04. The van der Waals surface area contributed by atoms with Gasteiger partial charge in [-0.05, 0) is 53.3 Å². The summed E-state index contributed by atoms with van der Waals surface area (Å²) in [6.45, 7) is 1.65. The molecule has 0 aliphatic carbocycles. The van der Waals surface area contributed by atoms with Crippen LogP contribution in [0.2, 0.25) is 0 Å². The summed E-state index contributed by atoms with van der Waals surface area (Å²) in [5.74, 6) is -0.677. The van der Waals surface area contributed by atoms with Crippen molar-refractivity contribution in [3.63, 3.8) is 0 Å². The highest BCUT2D eigenvalue weighted by molar-refractivity contribution is 9.10. The SMILES string of the molecule is COC(=S)[C@@H](C)Oc1ccccc1Oc1cc(-n2c(=O)cc(C(F)(F)F)n(C)c2=O)c(F)cc1Br. The van der Waals surface area contributed by atoms with Crippen LogP contribution in [0.5, 0.6) is 17.2 Å². The largest absolute Gasteiger partial charge is 0.487 e. The Labute approximate surface area is 209 Å². The maximum atomic E-state index is 14.8. The zero-order valence-electron chi connectivity index (χ0n) is 18.4. The normalized spacial score (nSPS) is 12.2. The van der Waals surface area contributed by atoms with Gasteiger partial charge in [-0.15, -0.1) is 0 Å². The quantitative estimate of drug-likeness (QED) is 0.304. The standard InChI is InChI=1S/C22H17BrF4N2O5S/c1-11(20(35)32-3)33-15-6-4-5-7-16(15)34-17-9-14(13(24)8-12(17)23)29-19(30)10-18(22(25,26)27)28(2)21(29)31/h4-11H,1-3H3/t11-/m1/s1. The molecule has 35 heavy (non-hydrogen) atoms. The van der Waals surface area contributed by atoms with Crippen molar-refractivity contribution < 1.29 is 31.8 Å². The summed E-state index contributed by atoms with van der Waals surface area (Å²) in [7, 11) is 2.23. The van der Waals surface area contributed by atoms with E-state index in [1.807, 2.05) is 0 Å². The number of thiocarbonyl (C=S) groups is 1. The average molecular weight is 577 g/mol. The van der Waals surface area contributed by atoms with Gasteiger partial charge in [0, 0.05) is 19.2 Å². The molecule has 0 saturated heterocycles. The van der Waals surface area contributed by atoms with Crippen molar-refractivity contribution >= 4 is 33.2 Å². The Kier molecular flexibility index (Phi) is 7.70. The molecule has 0 spiro atoms. The Morgan fingerprint density at radius 2 is 1.71 bits per heavy atom. The molecule has 0 aliphatic heterocycles. The number of aromatic nitrogens is 2. The molecule has 3 rings (SSSR count). The molecular formula is C22H17BrF4N2O5S. The van der Waals surface area contributed by atoms with E-state index in [0.717, 1.165) is 19.2 Å². The van der Waals surface area contributed by atoms with Crippen molar-refractivity contribution in [2.24, 2.45) is 7.05 Å². The smallest absolute Gasteiger partial charge is 0.431 e. The highest BCUT2D eigenvalue weighted by Gasteiger charge is 2.35. The summed E-state index contributed by atoms with van der Waals surface area (Å²) in [5, 5.41) is 0.183. The number of ether oxygens (including phenoxy) is 3.